The Morgan fingerprint density at radius 1 is 1.10 bits per heavy atom. The molecule has 0 unspecified atom stereocenters. The molecule has 1 amide bonds. The molecule has 0 fully saturated rings. The number of carbonyl (C=O) groups excluding carboxylic acids is 1. The molecule has 2 aromatic carbocycles. The van der Waals surface area contributed by atoms with Crippen molar-refractivity contribution in [2.75, 3.05) is 24.3 Å². The molecule has 4 rings (SSSR count). The van der Waals surface area contributed by atoms with E-state index in [4.69, 9.17) is 15.7 Å². The molecule has 2 heterocycles. The fourth-order valence-corrected chi connectivity index (χ4v) is 3.69. The van der Waals surface area contributed by atoms with Gasteiger partial charge < -0.3 is 20.9 Å². The number of nitrogens with one attached hydrogen (secondary N) is 2. The summed E-state index contributed by atoms with van der Waals surface area (Å²) in [5, 5.41) is 4.18. The van der Waals surface area contributed by atoms with Crippen molar-refractivity contribution in [2.45, 2.75) is 13.5 Å². The lowest BCUT2D eigenvalue weighted by molar-refractivity contribution is 0.100. The van der Waals surface area contributed by atoms with E-state index in [1.165, 1.54) is 0 Å². The van der Waals surface area contributed by atoms with Gasteiger partial charge in [-0.2, -0.15) is 0 Å². The molecule has 0 aliphatic heterocycles. The van der Waals surface area contributed by atoms with Gasteiger partial charge in [-0.15, -0.1) is 0 Å². The number of primary amides is 1. The van der Waals surface area contributed by atoms with Crippen LogP contribution in [-0.4, -0.2) is 35.0 Å². The zero-order valence-corrected chi connectivity index (χ0v) is 17.2. The summed E-state index contributed by atoms with van der Waals surface area (Å²) in [6.45, 7) is 2.59. The predicted octanol–water partition coefficient (Wildman–Crippen LogP) is 3.71. The molecule has 152 valence electrons. The van der Waals surface area contributed by atoms with Gasteiger partial charge in [0.05, 0.1) is 5.69 Å². The summed E-state index contributed by atoms with van der Waals surface area (Å²) in [6, 6.07) is 15.6. The van der Waals surface area contributed by atoms with Gasteiger partial charge in [0, 0.05) is 48.9 Å². The van der Waals surface area contributed by atoms with Crippen molar-refractivity contribution in [3.63, 3.8) is 0 Å². The van der Waals surface area contributed by atoms with Crippen molar-refractivity contribution in [3.05, 3.63) is 71.5 Å². The third-order valence-electron chi connectivity index (χ3n) is 5.02. The summed E-state index contributed by atoms with van der Waals surface area (Å²) in [5.74, 6) is 0.788. The van der Waals surface area contributed by atoms with Crippen LogP contribution in [0, 0.1) is 6.92 Å². The summed E-state index contributed by atoms with van der Waals surface area (Å²) in [4.78, 5) is 26.7. The van der Waals surface area contributed by atoms with Crippen LogP contribution in [0.25, 0.3) is 22.3 Å². The molecule has 2 aromatic heterocycles. The molecule has 0 saturated carbocycles. The third kappa shape index (κ3) is 3.57. The van der Waals surface area contributed by atoms with Gasteiger partial charge in [-0.05, 0) is 24.6 Å². The zero-order valence-electron chi connectivity index (χ0n) is 17.2. The zero-order chi connectivity index (χ0) is 21.3. The Labute approximate surface area is 175 Å². The molecule has 0 atom stereocenters. The van der Waals surface area contributed by atoms with Gasteiger partial charge >= 0.3 is 0 Å². The first kappa shape index (κ1) is 19.4. The Morgan fingerprint density at radius 3 is 2.57 bits per heavy atom. The maximum absolute atomic E-state index is 12.0. The average molecular weight is 400 g/mol. The molecule has 0 bridgehead atoms. The molecule has 0 radical (unpaired) electrons. The van der Waals surface area contributed by atoms with E-state index in [-0.39, 0.29) is 0 Å². The second-order valence-corrected chi connectivity index (χ2v) is 7.36. The van der Waals surface area contributed by atoms with Crippen molar-refractivity contribution in [1.29, 1.82) is 0 Å². The first-order valence-corrected chi connectivity index (χ1v) is 9.69. The van der Waals surface area contributed by atoms with Crippen LogP contribution >= 0.6 is 0 Å². The first-order chi connectivity index (χ1) is 14.5. The minimum Gasteiger partial charge on any atom is -0.373 e. The molecule has 0 aliphatic carbocycles. The van der Waals surface area contributed by atoms with Crippen molar-refractivity contribution >= 4 is 28.3 Å². The van der Waals surface area contributed by atoms with Crippen LogP contribution < -0.4 is 16.0 Å². The monoisotopic (exact) mass is 400 g/mol. The van der Waals surface area contributed by atoms with Gasteiger partial charge in [0.25, 0.3) is 0 Å². The lowest BCUT2D eigenvalue weighted by Gasteiger charge is -2.20. The Morgan fingerprint density at radius 2 is 1.87 bits per heavy atom. The number of nitrogens with zero attached hydrogens (tertiary/aromatic N) is 3. The molecule has 7 nitrogen and oxygen atoms in total. The van der Waals surface area contributed by atoms with Crippen LogP contribution in [0.4, 0.5) is 11.5 Å². The normalized spacial score (nSPS) is 10.9. The summed E-state index contributed by atoms with van der Waals surface area (Å²) in [6.07, 6.45) is 1.82. The Kier molecular flexibility index (Phi) is 5.10. The molecule has 4 N–H and O–H groups in total. The smallest absolute Gasteiger partial charge is 0.249 e. The number of amides is 1. The van der Waals surface area contributed by atoms with Crippen LogP contribution in [-0.2, 0) is 6.54 Å². The molecule has 7 heteroatoms. The van der Waals surface area contributed by atoms with E-state index in [2.05, 4.69) is 22.4 Å². The molecule has 30 heavy (non-hydrogen) atoms. The number of hydrogen-bond donors (Lipinski definition) is 3. The molecular weight excluding hydrogens is 376 g/mol. The number of anilines is 2. The molecular formula is C23H24N6O. The second-order valence-electron chi connectivity index (χ2n) is 7.36. The van der Waals surface area contributed by atoms with Gasteiger partial charge in [0.15, 0.2) is 11.6 Å². The van der Waals surface area contributed by atoms with Gasteiger partial charge in [0.1, 0.15) is 5.69 Å². The maximum Gasteiger partial charge on any atom is 0.249 e. The van der Waals surface area contributed by atoms with E-state index < -0.39 is 5.91 Å². The SMILES string of the molecule is Cc1nc(-c2c[nH]c3cccc(C(N)=O)c23)nc(NCc2ccccc2)c1N(C)C. The number of benzene rings is 2. The maximum atomic E-state index is 12.0. The molecule has 4 aromatic rings. The predicted molar refractivity (Wildman–Crippen MR) is 121 cm³/mol. The van der Waals surface area contributed by atoms with Crippen LogP contribution in [0.15, 0.2) is 54.7 Å². The molecule has 0 spiro atoms. The van der Waals surface area contributed by atoms with Crippen molar-refractivity contribution in [3.8, 4) is 11.4 Å². The highest BCUT2D eigenvalue weighted by molar-refractivity contribution is 6.10. The summed E-state index contributed by atoms with van der Waals surface area (Å²) < 4.78 is 0. The second kappa shape index (κ2) is 7.87. The lowest BCUT2D eigenvalue weighted by Crippen LogP contribution is -2.16. The Hall–Kier alpha value is -3.87. The van der Waals surface area contributed by atoms with Crippen molar-refractivity contribution in [1.82, 2.24) is 15.0 Å². The largest absolute Gasteiger partial charge is 0.373 e. The highest BCUT2D eigenvalue weighted by atomic mass is 16.1. The number of aromatic amines is 1. The number of H-pyrrole nitrogens is 1. The fourth-order valence-electron chi connectivity index (χ4n) is 3.69. The number of aromatic nitrogens is 3. The highest BCUT2D eigenvalue weighted by Crippen LogP contribution is 2.33. The van der Waals surface area contributed by atoms with Gasteiger partial charge in [-0.3, -0.25) is 4.79 Å². The van der Waals surface area contributed by atoms with E-state index in [0.29, 0.717) is 17.9 Å². The number of aryl methyl sites for hydroxylation is 1. The number of nitrogens with two attached hydrogens (primary N) is 1. The van der Waals surface area contributed by atoms with Gasteiger partial charge in [-0.1, -0.05) is 36.4 Å². The summed E-state index contributed by atoms with van der Waals surface area (Å²) in [5.41, 5.74) is 10.5. The van der Waals surface area contributed by atoms with E-state index >= 15 is 0 Å². The van der Waals surface area contributed by atoms with E-state index in [1.807, 2.05) is 56.4 Å². The van der Waals surface area contributed by atoms with Crippen LogP contribution in [0.2, 0.25) is 0 Å². The van der Waals surface area contributed by atoms with Crippen LogP contribution in [0.1, 0.15) is 21.6 Å². The van der Waals surface area contributed by atoms with E-state index in [9.17, 15) is 4.79 Å². The van der Waals surface area contributed by atoms with E-state index in [1.54, 1.807) is 12.1 Å². The van der Waals surface area contributed by atoms with Gasteiger partial charge in [-0.25, -0.2) is 9.97 Å². The van der Waals surface area contributed by atoms with Gasteiger partial charge in [0.2, 0.25) is 5.91 Å². The fraction of sp³-hybridized carbons (Fsp3) is 0.174. The number of fused-ring (bicyclic) bond motifs is 1. The standard InChI is InChI=1S/C23H24N6O/c1-14-20(29(2)3)23(26-12-15-8-5-4-6-9-15)28-22(27-14)17-13-25-18-11-7-10-16(19(17)18)21(24)30/h4-11,13,25H,12H2,1-3H3,(H2,24,30)(H,26,27,28). The Bertz CT molecular complexity index is 1210. The van der Waals surface area contributed by atoms with E-state index in [0.717, 1.165) is 39.2 Å². The Balaban J connectivity index is 1.83. The number of rotatable bonds is 6. The average Bonchev–Trinajstić information content (AvgIpc) is 3.16. The summed E-state index contributed by atoms with van der Waals surface area (Å²) in [7, 11) is 3.94. The molecule has 0 aliphatic rings. The lowest BCUT2D eigenvalue weighted by atomic mass is 10.1. The minimum absolute atomic E-state index is 0.445. The first-order valence-electron chi connectivity index (χ1n) is 9.69. The number of hydrogen-bond acceptors (Lipinski definition) is 5. The van der Waals surface area contributed by atoms with Crippen molar-refractivity contribution < 1.29 is 4.79 Å². The third-order valence-corrected chi connectivity index (χ3v) is 5.02. The quantitative estimate of drug-likeness (QED) is 0.458. The van der Waals surface area contributed by atoms with Crippen LogP contribution in [0.5, 0.6) is 0 Å². The molecule has 0 saturated heterocycles. The van der Waals surface area contributed by atoms with Crippen LogP contribution in [0.3, 0.4) is 0 Å². The number of carbonyl (C=O) groups is 1. The summed E-state index contributed by atoms with van der Waals surface area (Å²) >= 11 is 0. The highest BCUT2D eigenvalue weighted by Gasteiger charge is 2.19. The van der Waals surface area contributed by atoms with Crippen molar-refractivity contribution in [2.24, 2.45) is 5.73 Å². The minimum atomic E-state index is -0.481. The topological polar surface area (TPSA) is 99.9 Å².